The van der Waals surface area contributed by atoms with Gasteiger partial charge in [-0.2, -0.15) is 5.10 Å². The van der Waals surface area contributed by atoms with Gasteiger partial charge in [0.15, 0.2) is 5.82 Å². The summed E-state index contributed by atoms with van der Waals surface area (Å²) in [6, 6.07) is 1.91. The van der Waals surface area contributed by atoms with E-state index in [2.05, 4.69) is 20.7 Å². The third-order valence-electron chi connectivity index (χ3n) is 2.91. The number of rotatable bonds is 5. The molecule has 2 heterocycles. The van der Waals surface area contributed by atoms with E-state index >= 15 is 0 Å². The first-order chi connectivity index (χ1) is 8.31. The molecule has 0 spiro atoms. The van der Waals surface area contributed by atoms with E-state index < -0.39 is 0 Å². The van der Waals surface area contributed by atoms with E-state index in [1.807, 2.05) is 25.5 Å². The van der Waals surface area contributed by atoms with E-state index in [-0.39, 0.29) is 0 Å². The third-order valence-corrected chi connectivity index (χ3v) is 2.91. The molecule has 2 aromatic heterocycles. The molecular weight excluding hydrogens is 216 g/mol. The average Bonchev–Trinajstić information content (AvgIpc) is 2.85. The highest BCUT2D eigenvalue weighted by Crippen LogP contribution is 2.27. The van der Waals surface area contributed by atoms with Gasteiger partial charge >= 0.3 is 0 Å². The monoisotopic (exact) mass is 232 g/mol. The first-order valence-corrected chi connectivity index (χ1v) is 5.93. The van der Waals surface area contributed by atoms with Crippen molar-refractivity contribution in [3.8, 4) is 5.82 Å². The molecule has 90 valence electrons. The van der Waals surface area contributed by atoms with Gasteiger partial charge in [-0.15, -0.1) is 5.10 Å². The molecule has 0 atom stereocenters. The molecule has 17 heavy (non-hydrogen) atoms. The minimum Gasteiger partial charge on any atom is -0.311 e. The fraction of sp³-hybridized carbons (Fsp3) is 0.545. The molecule has 1 N–H and O–H groups in total. The van der Waals surface area contributed by atoms with Crippen LogP contribution >= 0.6 is 0 Å². The standard InChI is InChI=1S/C11H16N6/c1-16-5-4-11(14-16)17-8-10(13-15-17)7-12-6-9-2-3-9/h4-5,8-9,12H,2-3,6-7H2,1H3. The molecule has 1 saturated carbocycles. The van der Waals surface area contributed by atoms with Crippen molar-refractivity contribution in [3.05, 3.63) is 24.2 Å². The van der Waals surface area contributed by atoms with E-state index in [1.54, 1.807) is 9.36 Å². The van der Waals surface area contributed by atoms with Crippen LogP contribution in [0.4, 0.5) is 0 Å². The molecule has 0 aliphatic heterocycles. The molecule has 1 aliphatic rings. The largest absolute Gasteiger partial charge is 0.311 e. The van der Waals surface area contributed by atoms with Gasteiger partial charge in [-0.05, 0) is 25.3 Å². The Morgan fingerprint density at radius 3 is 3.06 bits per heavy atom. The first-order valence-electron chi connectivity index (χ1n) is 5.93. The SMILES string of the molecule is Cn1ccc(-n2cc(CNCC3CC3)nn2)n1. The summed E-state index contributed by atoms with van der Waals surface area (Å²) in [4.78, 5) is 0. The Bertz CT molecular complexity index is 496. The van der Waals surface area contributed by atoms with Gasteiger partial charge < -0.3 is 5.32 Å². The second-order valence-electron chi connectivity index (χ2n) is 4.58. The average molecular weight is 232 g/mol. The van der Waals surface area contributed by atoms with E-state index in [0.717, 1.165) is 30.5 Å². The number of hydrogen-bond donors (Lipinski definition) is 1. The van der Waals surface area contributed by atoms with Crippen molar-refractivity contribution in [1.29, 1.82) is 0 Å². The molecule has 0 radical (unpaired) electrons. The van der Waals surface area contributed by atoms with Crippen LogP contribution < -0.4 is 5.32 Å². The summed E-state index contributed by atoms with van der Waals surface area (Å²) in [5.41, 5.74) is 0.955. The van der Waals surface area contributed by atoms with Gasteiger partial charge in [-0.25, -0.2) is 4.68 Å². The van der Waals surface area contributed by atoms with Crippen LogP contribution in [0.3, 0.4) is 0 Å². The molecule has 1 aliphatic carbocycles. The lowest BCUT2D eigenvalue weighted by Gasteiger charge is -1.98. The predicted molar refractivity (Wildman–Crippen MR) is 62.6 cm³/mol. The normalized spacial score (nSPS) is 15.4. The Morgan fingerprint density at radius 2 is 2.35 bits per heavy atom. The lowest BCUT2D eigenvalue weighted by Crippen LogP contribution is -2.16. The zero-order chi connectivity index (χ0) is 11.7. The van der Waals surface area contributed by atoms with Crippen molar-refractivity contribution in [2.45, 2.75) is 19.4 Å². The van der Waals surface area contributed by atoms with E-state index in [0.29, 0.717) is 0 Å². The topological polar surface area (TPSA) is 60.6 Å². The Hall–Kier alpha value is -1.69. The number of aromatic nitrogens is 5. The van der Waals surface area contributed by atoms with Crippen LogP contribution in [0.25, 0.3) is 5.82 Å². The fourth-order valence-electron chi connectivity index (χ4n) is 1.74. The van der Waals surface area contributed by atoms with Crippen molar-refractivity contribution >= 4 is 0 Å². The highest BCUT2D eigenvalue weighted by atomic mass is 15.5. The smallest absolute Gasteiger partial charge is 0.176 e. The highest BCUT2D eigenvalue weighted by Gasteiger charge is 2.20. The Labute approximate surface area is 99.6 Å². The summed E-state index contributed by atoms with van der Waals surface area (Å²) < 4.78 is 3.45. The first kappa shape index (κ1) is 10.5. The number of hydrogen-bond acceptors (Lipinski definition) is 4. The van der Waals surface area contributed by atoms with Gasteiger partial charge in [0.1, 0.15) is 0 Å². The van der Waals surface area contributed by atoms with E-state index in [9.17, 15) is 0 Å². The maximum Gasteiger partial charge on any atom is 0.176 e. The van der Waals surface area contributed by atoms with Crippen molar-refractivity contribution in [2.75, 3.05) is 6.54 Å². The Kier molecular flexibility index (Phi) is 2.64. The van der Waals surface area contributed by atoms with Gasteiger partial charge in [0.25, 0.3) is 0 Å². The molecule has 0 saturated heterocycles. The molecule has 0 bridgehead atoms. The van der Waals surface area contributed by atoms with Crippen LogP contribution in [0.2, 0.25) is 0 Å². The minimum absolute atomic E-state index is 0.781. The summed E-state index contributed by atoms with van der Waals surface area (Å²) >= 11 is 0. The molecule has 0 aromatic carbocycles. The molecule has 3 rings (SSSR count). The summed E-state index contributed by atoms with van der Waals surface area (Å²) in [6.45, 7) is 1.87. The lowest BCUT2D eigenvalue weighted by molar-refractivity contribution is 0.628. The Balaban J connectivity index is 1.61. The number of aryl methyl sites for hydroxylation is 1. The maximum atomic E-state index is 4.27. The minimum atomic E-state index is 0.781. The molecule has 6 heteroatoms. The van der Waals surface area contributed by atoms with Gasteiger partial charge in [-0.1, -0.05) is 5.21 Å². The summed E-state index contributed by atoms with van der Waals surface area (Å²) in [5, 5.41) is 15.8. The maximum absolute atomic E-state index is 4.27. The Morgan fingerprint density at radius 1 is 1.47 bits per heavy atom. The van der Waals surface area contributed by atoms with Crippen LogP contribution in [0.5, 0.6) is 0 Å². The van der Waals surface area contributed by atoms with Crippen LogP contribution in [0.15, 0.2) is 18.5 Å². The second-order valence-corrected chi connectivity index (χ2v) is 4.58. The predicted octanol–water partition coefficient (Wildman–Crippen LogP) is 0.500. The van der Waals surface area contributed by atoms with Crippen LogP contribution in [0.1, 0.15) is 18.5 Å². The summed E-state index contributed by atoms with van der Waals surface area (Å²) in [7, 11) is 1.89. The zero-order valence-electron chi connectivity index (χ0n) is 9.87. The van der Waals surface area contributed by atoms with Crippen LogP contribution in [0, 0.1) is 5.92 Å². The molecule has 0 unspecified atom stereocenters. The second kappa shape index (κ2) is 4.29. The van der Waals surface area contributed by atoms with Crippen molar-refractivity contribution < 1.29 is 0 Å². The van der Waals surface area contributed by atoms with Crippen LogP contribution in [-0.4, -0.2) is 31.3 Å². The van der Waals surface area contributed by atoms with Gasteiger partial charge in [0.05, 0.1) is 11.9 Å². The van der Waals surface area contributed by atoms with Crippen LogP contribution in [-0.2, 0) is 13.6 Å². The zero-order valence-corrected chi connectivity index (χ0v) is 9.87. The van der Waals surface area contributed by atoms with Crippen molar-refractivity contribution in [3.63, 3.8) is 0 Å². The summed E-state index contributed by atoms with van der Waals surface area (Å²) in [5.74, 6) is 1.69. The van der Waals surface area contributed by atoms with Crippen molar-refractivity contribution in [2.24, 2.45) is 13.0 Å². The number of nitrogens with zero attached hydrogens (tertiary/aromatic N) is 5. The van der Waals surface area contributed by atoms with Gasteiger partial charge in [-0.3, -0.25) is 4.68 Å². The summed E-state index contributed by atoms with van der Waals surface area (Å²) in [6.07, 6.45) is 6.55. The third kappa shape index (κ3) is 2.52. The molecule has 6 nitrogen and oxygen atoms in total. The highest BCUT2D eigenvalue weighted by molar-refractivity contribution is 5.18. The van der Waals surface area contributed by atoms with E-state index in [4.69, 9.17) is 0 Å². The molecule has 1 fully saturated rings. The number of nitrogens with one attached hydrogen (secondary N) is 1. The van der Waals surface area contributed by atoms with Crippen molar-refractivity contribution in [1.82, 2.24) is 30.1 Å². The van der Waals surface area contributed by atoms with Gasteiger partial charge in [0, 0.05) is 25.9 Å². The quantitative estimate of drug-likeness (QED) is 0.815. The fourth-order valence-corrected chi connectivity index (χ4v) is 1.74. The molecular formula is C11H16N6. The van der Waals surface area contributed by atoms with E-state index in [1.165, 1.54) is 12.8 Å². The molecule has 2 aromatic rings. The van der Waals surface area contributed by atoms with Gasteiger partial charge in [0.2, 0.25) is 0 Å². The lowest BCUT2D eigenvalue weighted by atomic mass is 10.4. The molecule has 0 amide bonds.